The minimum absolute atomic E-state index is 0. The van der Waals surface area contributed by atoms with Crippen LogP contribution in [0, 0.1) is 6.92 Å². The van der Waals surface area contributed by atoms with Crippen molar-refractivity contribution in [1.29, 1.82) is 0 Å². The highest BCUT2D eigenvalue weighted by atomic mass is 35.5. The van der Waals surface area contributed by atoms with Gasteiger partial charge in [0.25, 0.3) is 0 Å². The number of benzene rings is 1. The molecule has 22 heavy (non-hydrogen) atoms. The van der Waals surface area contributed by atoms with Gasteiger partial charge in [0.1, 0.15) is 0 Å². The second-order valence-electron chi connectivity index (χ2n) is 5.42. The Morgan fingerprint density at radius 2 is 2.09 bits per heavy atom. The topological polar surface area (TPSA) is 92.5 Å². The van der Waals surface area contributed by atoms with Gasteiger partial charge < -0.3 is 11.1 Å². The van der Waals surface area contributed by atoms with Crippen molar-refractivity contribution in [3.63, 3.8) is 0 Å². The fourth-order valence-corrected chi connectivity index (χ4v) is 3.99. The summed E-state index contributed by atoms with van der Waals surface area (Å²) in [5.41, 5.74) is 7.19. The molecule has 1 amide bonds. The van der Waals surface area contributed by atoms with Gasteiger partial charge >= 0.3 is 0 Å². The van der Waals surface area contributed by atoms with E-state index >= 15 is 0 Å². The number of nitrogens with zero attached hydrogens (tertiary/aromatic N) is 1. The van der Waals surface area contributed by atoms with Crippen LogP contribution in [0.25, 0.3) is 0 Å². The number of rotatable bonds is 3. The van der Waals surface area contributed by atoms with E-state index in [-0.39, 0.29) is 29.3 Å². The summed E-state index contributed by atoms with van der Waals surface area (Å²) in [6, 6.07) is 4.65. The molecule has 6 nitrogen and oxygen atoms in total. The molecular formula is C14H22ClN3O3S. The van der Waals surface area contributed by atoms with Crippen molar-refractivity contribution >= 4 is 34.0 Å². The number of amides is 1. The van der Waals surface area contributed by atoms with Gasteiger partial charge in [0.15, 0.2) is 0 Å². The van der Waals surface area contributed by atoms with Gasteiger partial charge in [0, 0.05) is 31.7 Å². The van der Waals surface area contributed by atoms with Crippen LogP contribution in [-0.2, 0) is 14.8 Å². The standard InChI is InChI=1S/C14H21N3O3S.ClH/c1-10-5-6-13(8-14(10)16-11(2)18)21(19,20)17-7-3-4-12(15)9-17;/h5-6,8,12H,3-4,7,9,15H2,1-2H3,(H,16,18);1H. The first-order chi connectivity index (χ1) is 9.80. The fraction of sp³-hybridized carbons (Fsp3) is 0.500. The molecule has 1 aromatic rings. The first kappa shape index (κ1) is 18.9. The van der Waals surface area contributed by atoms with Crippen LogP contribution in [0.4, 0.5) is 5.69 Å². The smallest absolute Gasteiger partial charge is 0.243 e. The summed E-state index contributed by atoms with van der Waals surface area (Å²) in [4.78, 5) is 11.4. The average molecular weight is 348 g/mol. The zero-order valence-electron chi connectivity index (χ0n) is 12.7. The van der Waals surface area contributed by atoms with E-state index in [0.29, 0.717) is 18.8 Å². The van der Waals surface area contributed by atoms with Crippen LogP contribution in [0.2, 0.25) is 0 Å². The molecule has 1 aliphatic heterocycles. The lowest BCUT2D eigenvalue weighted by molar-refractivity contribution is -0.114. The Balaban J connectivity index is 0.00000242. The highest BCUT2D eigenvalue weighted by Gasteiger charge is 2.29. The molecule has 1 saturated heterocycles. The summed E-state index contributed by atoms with van der Waals surface area (Å²) in [5, 5.41) is 2.65. The number of anilines is 1. The van der Waals surface area contributed by atoms with Gasteiger partial charge in [0.05, 0.1) is 4.90 Å². The third-order valence-electron chi connectivity index (χ3n) is 3.58. The zero-order chi connectivity index (χ0) is 15.6. The number of nitrogens with two attached hydrogens (primary N) is 1. The largest absolute Gasteiger partial charge is 0.327 e. The molecule has 1 aliphatic rings. The number of piperidine rings is 1. The summed E-state index contributed by atoms with van der Waals surface area (Å²) in [6.07, 6.45) is 1.61. The van der Waals surface area contributed by atoms with Crippen LogP contribution in [0.1, 0.15) is 25.3 Å². The fourth-order valence-electron chi connectivity index (χ4n) is 2.43. The van der Waals surface area contributed by atoms with Crippen molar-refractivity contribution in [2.75, 3.05) is 18.4 Å². The second-order valence-corrected chi connectivity index (χ2v) is 7.36. The van der Waals surface area contributed by atoms with Crippen LogP contribution in [0.3, 0.4) is 0 Å². The van der Waals surface area contributed by atoms with Crippen LogP contribution in [0.5, 0.6) is 0 Å². The lowest BCUT2D eigenvalue weighted by atomic mass is 10.1. The summed E-state index contributed by atoms with van der Waals surface area (Å²) >= 11 is 0. The molecule has 2 rings (SSSR count). The number of hydrogen-bond donors (Lipinski definition) is 2. The average Bonchev–Trinajstić information content (AvgIpc) is 2.40. The van der Waals surface area contributed by atoms with Crippen LogP contribution >= 0.6 is 12.4 Å². The number of halogens is 1. The predicted molar refractivity (Wildman–Crippen MR) is 88.7 cm³/mol. The Bertz CT molecular complexity index is 649. The Hall–Kier alpha value is -1.15. The first-order valence-corrected chi connectivity index (χ1v) is 8.38. The number of carbonyl (C=O) groups excluding carboxylic acids is 1. The Kier molecular flexibility index (Phi) is 6.37. The van der Waals surface area contributed by atoms with E-state index in [2.05, 4.69) is 5.32 Å². The van der Waals surface area contributed by atoms with Gasteiger partial charge in [-0.15, -0.1) is 12.4 Å². The van der Waals surface area contributed by atoms with E-state index in [9.17, 15) is 13.2 Å². The molecule has 1 atom stereocenters. The van der Waals surface area contributed by atoms with Gasteiger partial charge in [-0.3, -0.25) is 4.79 Å². The summed E-state index contributed by atoms with van der Waals surface area (Å²) in [7, 11) is -3.57. The Morgan fingerprint density at radius 3 is 2.68 bits per heavy atom. The van der Waals surface area contributed by atoms with Gasteiger partial charge in [-0.1, -0.05) is 6.07 Å². The van der Waals surface area contributed by atoms with Crippen molar-refractivity contribution in [2.45, 2.75) is 37.6 Å². The lowest BCUT2D eigenvalue weighted by Gasteiger charge is -2.30. The molecule has 1 fully saturated rings. The number of sulfonamides is 1. The Labute approximate surface area is 137 Å². The summed E-state index contributed by atoms with van der Waals surface area (Å²) < 4.78 is 26.7. The van der Waals surface area contributed by atoms with E-state index in [0.717, 1.165) is 18.4 Å². The van der Waals surface area contributed by atoms with Crippen molar-refractivity contribution in [3.8, 4) is 0 Å². The van der Waals surface area contributed by atoms with Gasteiger partial charge in [-0.05, 0) is 37.5 Å². The van der Waals surface area contributed by atoms with E-state index in [4.69, 9.17) is 5.73 Å². The summed E-state index contributed by atoms with van der Waals surface area (Å²) in [6.45, 7) is 4.04. The SMILES string of the molecule is CC(=O)Nc1cc(S(=O)(=O)N2CCCC(N)C2)ccc1C.Cl. The van der Waals surface area contributed by atoms with E-state index in [1.54, 1.807) is 12.1 Å². The first-order valence-electron chi connectivity index (χ1n) is 6.94. The second kappa shape index (κ2) is 7.41. The molecule has 8 heteroatoms. The van der Waals surface area contributed by atoms with Crippen LogP contribution in [-0.4, -0.2) is 37.8 Å². The molecule has 1 unspecified atom stereocenters. The van der Waals surface area contributed by atoms with Crippen molar-refractivity contribution < 1.29 is 13.2 Å². The predicted octanol–water partition coefficient (Wildman–Crippen LogP) is 1.49. The molecule has 0 spiro atoms. The third kappa shape index (κ3) is 4.19. The van der Waals surface area contributed by atoms with Gasteiger partial charge in [-0.2, -0.15) is 4.31 Å². The monoisotopic (exact) mass is 347 g/mol. The van der Waals surface area contributed by atoms with Crippen molar-refractivity contribution in [1.82, 2.24) is 4.31 Å². The molecule has 0 saturated carbocycles. The minimum Gasteiger partial charge on any atom is -0.327 e. The zero-order valence-corrected chi connectivity index (χ0v) is 14.3. The lowest BCUT2D eigenvalue weighted by Crippen LogP contribution is -2.45. The van der Waals surface area contributed by atoms with E-state index < -0.39 is 10.0 Å². The third-order valence-corrected chi connectivity index (χ3v) is 5.44. The number of hydrogen-bond acceptors (Lipinski definition) is 4. The van der Waals surface area contributed by atoms with Crippen molar-refractivity contribution in [2.24, 2.45) is 5.73 Å². The number of nitrogens with one attached hydrogen (secondary N) is 1. The van der Waals surface area contributed by atoms with Crippen LogP contribution in [0.15, 0.2) is 23.1 Å². The number of carbonyl (C=O) groups is 1. The van der Waals surface area contributed by atoms with Gasteiger partial charge in [-0.25, -0.2) is 8.42 Å². The molecule has 3 N–H and O–H groups in total. The molecule has 0 bridgehead atoms. The highest BCUT2D eigenvalue weighted by molar-refractivity contribution is 7.89. The van der Waals surface area contributed by atoms with Gasteiger partial charge in [0.2, 0.25) is 15.9 Å². The normalized spacial score (nSPS) is 19.3. The van der Waals surface area contributed by atoms with E-state index in [1.807, 2.05) is 6.92 Å². The number of aryl methyl sites for hydroxylation is 1. The van der Waals surface area contributed by atoms with Crippen molar-refractivity contribution in [3.05, 3.63) is 23.8 Å². The molecular weight excluding hydrogens is 326 g/mol. The van der Waals surface area contributed by atoms with E-state index in [1.165, 1.54) is 17.3 Å². The maximum absolute atomic E-state index is 12.6. The minimum atomic E-state index is -3.57. The maximum Gasteiger partial charge on any atom is 0.243 e. The maximum atomic E-state index is 12.6. The molecule has 124 valence electrons. The molecule has 1 heterocycles. The summed E-state index contributed by atoms with van der Waals surface area (Å²) in [5.74, 6) is -0.229. The Morgan fingerprint density at radius 1 is 1.41 bits per heavy atom. The molecule has 1 aromatic carbocycles. The quantitative estimate of drug-likeness (QED) is 0.866. The molecule has 0 aromatic heterocycles. The van der Waals surface area contributed by atoms with Crippen LogP contribution < -0.4 is 11.1 Å². The highest BCUT2D eigenvalue weighted by Crippen LogP contribution is 2.25. The molecule has 0 radical (unpaired) electrons. The molecule has 0 aliphatic carbocycles.